The SMILES string of the molecule is CCCCC(CC)COC(=O)Nc1c(C#N)cnn1-c1cc(C)c2cc(C)cc(C)c2n1. The number of pyridine rings is 1. The molecule has 0 spiro atoms. The number of ether oxygens (including phenoxy) is 1. The summed E-state index contributed by atoms with van der Waals surface area (Å²) in [5.74, 6) is 1.13. The van der Waals surface area contributed by atoms with Crippen molar-refractivity contribution in [2.45, 2.75) is 60.3 Å². The number of nitrogens with zero attached hydrogens (tertiary/aromatic N) is 4. The van der Waals surface area contributed by atoms with Crippen LogP contribution in [-0.4, -0.2) is 27.5 Å². The molecule has 0 aliphatic carbocycles. The van der Waals surface area contributed by atoms with Gasteiger partial charge in [-0.15, -0.1) is 0 Å². The molecule has 2 heterocycles. The van der Waals surface area contributed by atoms with Gasteiger partial charge in [0.05, 0.1) is 18.3 Å². The smallest absolute Gasteiger partial charge is 0.412 e. The highest BCUT2D eigenvalue weighted by molar-refractivity contribution is 5.88. The summed E-state index contributed by atoms with van der Waals surface area (Å²) in [6.45, 7) is 10.7. The number of unbranched alkanes of at least 4 members (excludes halogenated alkanes) is 1. The number of nitriles is 1. The Hall–Kier alpha value is -3.40. The Labute approximate surface area is 189 Å². The maximum Gasteiger partial charge on any atom is 0.412 e. The van der Waals surface area contributed by atoms with Gasteiger partial charge in [0.25, 0.3) is 0 Å². The number of carbonyl (C=O) groups excluding carboxylic acids is 1. The number of hydrogen-bond acceptors (Lipinski definition) is 5. The van der Waals surface area contributed by atoms with E-state index >= 15 is 0 Å². The molecule has 7 heteroatoms. The first-order valence-electron chi connectivity index (χ1n) is 11.2. The maximum absolute atomic E-state index is 12.5. The van der Waals surface area contributed by atoms with Gasteiger partial charge in [-0.05, 0) is 56.4 Å². The minimum atomic E-state index is -0.595. The van der Waals surface area contributed by atoms with Crippen LogP contribution in [0, 0.1) is 38.0 Å². The summed E-state index contributed by atoms with van der Waals surface area (Å²) in [5, 5.41) is 17.6. The first kappa shape index (κ1) is 23.3. The summed E-state index contributed by atoms with van der Waals surface area (Å²) in [6, 6.07) is 8.18. The quantitative estimate of drug-likeness (QED) is 0.471. The van der Waals surface area contributed by atoms with E-state index in [1.807, 2.05) is 19.9 Å². The molecule has 3 aromatic rings. The minimum absolute atomic E-state index is 0.250. The molecule has 0 saturated heterocycles. The number of fused-ring (bicyclic) bond motifs is 1. The van der Waals surface area contributed by atoms with Gasteiger partial charge in [0.2, 0.25) is 0 Å². The fraction of sp³-hybridized carbons (Fsp3) is 0.440. The van der Waals surface area contributed by atoms with Gasteiger partial charge in [-0.2, -0.15) is 15.0 Å². The summed E-state index contributed by atoms with van der Waals surface area (Å²) in [5.41, 5.74) is 4.40. The average Bonchev–Trinajstić information content (AvgIpc) is 3.17. The van der Waals surface area contributed by atoms with E-state index in [0.717, 1.165) is 47.7 Å². The monoisotopic (exact) mass is 433 g/mol. The Bertz CT molecular complexity index is 1160. The number of anilines is 1. The average molecular weight is 434 g/mol. The number of amides is 1. The Morgan fingerprint density at radius 2 is 2.00 bits per heavy atom. The summed E-state index contributed by atoms with van der Waals surface area (Å²) in [4.78, 5) is 17.3. The summed E-state index contributed by atoms with van der Waals surface area (Å²) in [7, 11) is 0. The van der Waals surface area contributed by atoms with Crippen LogP contribution >= 0.6 is 0 Å². The largest absolute Gasteiger partial charge is 0.449 e. The molecule has 1 N–H and O–H groups in total. The zero-order valence-electron chi connectivity index (χ0n) is 19.5. The van der Waals surface area contributed by atoms with Crippen LogP contribution in [0.1, 0.15) is 61.8 Å². The molecule has 3 rings (SSSR count). The second-order valence-corrected chi connectivity index (χ2v) is 8.35. The second kappa shape index (κ2) is 10.3. The predicted molar refractivity (Wildman–Crippen MR) is 126 cm³/mol. The molecule has 1 unspecified atom stereocenters. The van der Waals surface area contributed by atoms with Crippen LogP contribution in [0.4, 0.5) is 10.6 Å². The standard InChI is InChI=1S/C25H31N5O2/c1-6-8-9-19(7-2)15-32-25(31)29-24-20(13-26)14-27-30(24)22-12-17(4)21-11-16(3)10-18(5)23(21)28-22/h10-12,14,19H,6-9,15H2,1-5H3,(H,29,31). The van der Waals surface area contributed by atoms with Gasteiger partial charge in [0.15, 0.2) is 11.6 Å². The van der Waals surface area contributed by atoms with Gasteiger partial charge in [-0.1, -0.05) is 44.7 Å². The highest BCUT2D eigenvalue weighted by Gasteiger charge is 2.19. The number of carbonyl (C=O) groups is 1. The van der Waals surface area contributed by atoms with Crippen molar-refractivity contribution < 1.29 is 9.53 Å². The zero-order valence-corrected chi connectivity index (χ0v) is 19.5. The molecule has 0 fully saturated rings. The summed E-state index contributed by atoms with van der Waals surface area (Å²) in [6.07, 6.45) is 5.04. The molecule has 7 nitrogen and oxygen atoms in total. The molecular formula is C25H31N5O2. The first-order valence-corrected chi connectivity index (χ1v) is 11.2. The van der Waals surface area contributed by atoms with Crippen LogP contribution in [0.25, 0.3) is 16.7 Å². The van der Waals surface area contributed by atoms with Crippen LogP contribution in [0.2, 0.25) is 0 Å². The topological polar surface area (TPSA) is 92.8 Å². The highest BCUT2D eigenvalue weighted by Crippen LogP contribution is 2.26. The van der Waals surface area contributed by atoms with Crippen molar-refractivity contribution in [3.8, 4) is 11.9 Å². The number of nitrogens with one attached hydrogen (secondary N) is 1. The zero-order chi connectivity index (χ0) is 23.3. The lowest BCUT2D eigenvalue weighted by atomic mass is 10.0. The van der Waals surface area contributed by atoms with Crippen LogP contribution in [0.3, 0.4) is 0 Å². The lowest BCUT2D eigenvalue weighted by molar-refractivity contribution is 0.136. The molecule has 0 bridgehead atoms. The molecule has 1 aromatic carbocycles. The van der Waals surface area contributed by atoms with Crippen molar-refractivity contribution in [3.63, 3.8) is 0 Å². The maximum atomic E-state index is 12.5. The van der Waals surface area contributed by atoms with Gasteiger partial charge in [-0.3, -0.25) is 5.32 Å². The molecule has 0 aliphatic heterocycles. The molecule has 2 aromatic heterocycles. The van der Waals surface area contributed by atoms with Gasteiger partial charge >= 0.3 is 6.09 Å². The third kappa shape index (κ3) is 5.08. The van der Waals surface area contributed by atoms with E-state index in [-0.39, 0.29) is 11.4 Å². The molecule has 0 aliphatic rings. The van der Waals surface area contributed by atoms with Crippen molar-refractivity contribution in [2.24, 2.45) is 5.92 Å². The van der Waals surface area contributed by atoms with E-state index < -0.39 is 6.09 Å². The molecule has 1 atom stereocenters. The Morgan fingerprint density at radius 1 is 1.22 bits per heavy atom. The van der Waals surface area contributed by atoms with Crippen LogP contribution < -0.4 is 5.32 Å². The van der Waals surface area contributed by atoms with Gasteiger partial charge < -0.3 is 4.74 Å². The van der Waals surface area contributed by atoms with Crippen molar-refractivity contribution in [3.05, 3.63) is 46.6 Å². The number of aromatic nitrogens is 3. The van der Waals surface area contributed by atoms with Gasteiger partial charge in [0, 0.05) is 5.39 Å². The van der Waals surface area contributed by atoms with Crippen LogP contribution in [0.15, 0.2) is 24.4 Å². The van der Waals surface area contributed by atoms with Crippen LogP contribution in [0.5, 0.6) is 0 Å². The van der Waals surface area contributed by atoms with E-state index in [1.54, 1.807) is 0 Å². The summed E-state index contributed by atoms with van der Waals surface area (Å²) >= 11 is 0. The summed E-state index contributed by atoms with van der Waals surface area (Å²) < 4.78 is 6.95. The van der Waals surface area contributed by atoms with E-state index in [0.29, 0.717) is 18.3 Å². The molecular weight excluding hydrogens is 402 g/mol. The Kier molecular flexibility index (Phi) is 7.47. The number of aryl methyl sites for hydroxylation is 3. The number of hydrogen-bond donors (Lipinski definition) is 1. The van der Waals surface area contributed by atoms with E-state index in [1.165, 1.54) is 16.4 Å². The predicted octanol–water partition coefficient (Wildman–Crippen LogP) is 5.98. The van der Waals surface area contributed by atoms with Gasteiger partial charge in [0.1, 0.15) is 11.6 Å². The number of rotatable bonds is 8. The molecule has 0 saturated carbocycles. The molecule has 0 radical (unpaired) electrons. The van der Waals surface area contributed by atoms with Crippen molar-refractivity contribution >= 4 is 22.8 Å². The van der Waals surface area contributed by atoms with E-state index in [9.17, 15) is 10.1 Å². The fourth-order valence-corrected chi connectivity index (χ4v) is 3.88. The van der Waals surface area contributed by atoms with Gasteiger partial charge in [-0.25, -0.2) is 9.78 Å². The lowest BCUT2D eigenvalue weighted by Crippen LogP contribution is -2.21. The van der Waals surface area contributed by atoms with E-state index in [2.05, 4.69) is 49.4 Å². The van der Waals surface area contributed by atoms with Crippen molar-refractivity contribution in [2.75, 3.05) is 11.9 Å². The fourth-order valence-electron chi connectivity index (χ4n) is 3.88. The normalized spacial score (nSPS) is 11.9. The third-order valence-corrected chi connectivity index (χ3v) is 5.76. The third-order valence-electron chi connectivity index (χ3n) is 5.76. The highest BCUT2D eigenvalue weighted by atomic mass is 16.5. The first-order chi connectivity index (χ1) is 15.4. The Balaban J connectivity index is 1.89. The molecule has 1 amide bonds. The van der Waals surface area contributed by atoms with E-state index in [4.69, 9.17) is 9.72 Å². The van der Waals surface area contributed by atoms with Crippen molar-refractivity contribution in [1.29, 1.82) is 5.26 Å². The molecule has 32 heavy (non-hydrogen) atoms. The van der Waals surface area contributed by atoms with Crippen LogP contribution in [-0.2, 0) is 4.74 Å². The minimum Gasteiger partial charge on any atom is -0.449 e. The second-order valence-electron chi connectivity index (χ2n) is 8.35. The van der Waals surface area contributed by atoms with Crippen molar-refractivity contribution in [1.82, 2.24) is 14.8 Å². The lowest BCUT2D eigenvalue weighted by Gasteiger charge is -2.16. The Morgan fingerprint density at radius 3 is 2.69 bits per heavy atom. The number of benzene rings is 1. The molecule has 168 valence electrons.